The summed E-state index contributed by atoms with van der Waals surface area (Å²) in [5, 5.41) is 14.5. The van der Waals surface area contributed by atoms with E-state index in [0.29, 0.717) is 23.6 Å². The second kappa shape index (κ2) is 8.80. The van der Waals surface area contributed by atoms with Gasteiger partial charge in [-0.3, -0.25) is 4.79 Å². The number of nitrogens with one attached hydrogen (secondary N) is 1. The van der Waals surface area contributed by atoms with Gasteiger partial charge >= 0.3 is 0 Å². The van der Waals surface area contributed by atoms with Gasteiger partial charge < -0.3 is 9.73 Å². The summed E-state index contributed by atoms with van der Waals surface area (Å²) in [5.74, 6) is 0.580. The molecule has 0 bridgehead atoms. The Bertz CT molecular complexity index is 692. The number of aryl methyl sites for hydroxylation is 1. The van der Waals surface area contributed by atoms with E-state index in [1.165, 1.54) is 37.4 Å². The number of hydrogen-bond acceptors (Lipinski definition) is 7. The maximum absolute atomic E-state index is 12.4. The molecule has 0 unspecified atom stereocenters. The minimum Gasteiger partial charge on any atom is -0.416 e. The van der Waals surface area contributed by atoms with Crippen LogP contribution < -0.4 is 5.32 Å². The van der Waals surface area contributed by atoms with Gasteiger partial charge in [-0.1, -0.05) is 37.4 Å². The van der Waals surface area contributed by atoms with Crippen LogP contribution in [0.2, 0.25) is 0 Å². The van der Waals surface area contributed by atoms with Crippen LogP contribution in [-0.2, 0) is 11.2 Å². The zero-order chi connectivity index (χ0) is 17.6. The Kier molecular flexibility index (Phi) is 6.47. The van der Waals surface area contributed by atoms with E-state index >= 15 is 0 Å². The molecule has 0 radical (unpaired) electrons. The number of carbonyl (C=O) groups excluding carboxylic acids is 1. The highest BCUT2D eigenvalue weighted by Crippen LogP contribution is 2.24. The summed E-state index contributed by atoms with van der Waals surface area (Å²) in [6.07, 6.45) is 7.66. The molecule has 1 amide bonds. The van der Waals surface area contributed by atoms with Gasteiger partial charge in [-0.05, 0) is 26.7 Å². The van der Waals surface area contributed by atoms with Crippen LogP contribution >= 0.6 is 23.1 Å². The fourth-order valence-electron chi connectivity index (χ4n) is 2.95. The molecule has 6 nitrogen and oxygen atoms in total. The number of carbonyl (C=O) groups is 1. The van der Waals surface area contributed by atoms with Crippen molar-refractivity contribution in [1.29, 1.82) is 0 Å². The molecule has 136 valence electrons. The maximum Gasteiger partial charge on any atom is 0.277 e. The molecule has 0 aromatic carbocycles. The maximum atomic E-state index is 12.4. The average molecular weight is 381 g/mol. The van der Waals surface area contributed by atoms with Gasteiger partial charge in [0.15, 0.2) is 0 Å². The van der Waals surface area contributed by atoms with E-state index in [1.807, 2.05) is 19.2 Å². The molecule has 1 atom stereocenters. The molecule has 25 heavy (non-hydrogen) atoms. The minimum atomic E-state index is -0.252. The molecule has 1 fully saturated rings. The molecule has 1 aliphatic carbocycles. The van der Waals surface area contributed by atoms with Crippen LogP contribution in [0.1, 0.15) is 62.0 Å². The SMILES string of the molecule is Cc1nc(Cc2nnc(S[C@@H](C)C(=O)NC3CCCCCC3)o2)cs1. The molecular weight excluding hydrogens is 356 g/mol. The Balaban J connectivity index is 1.50. The standard InChI is InChI=1S/C17H24N4O2S2/c1-11(16(22)19-13-7-5-3-4-6-8-13)25-17-21-20-15(23-17)9-14-10-24-12(2)18-14/h10-11,13H,3-9H2,1-2H3,(H,19,22)/t11-/m0/s1. The Morgan fingerprint density at radius 1 is 1.36 bits per heavy atom. The highest BCUT2D eigenvalue weighted by Gasteiger charge is 2.22. The van der Waals surface area contributed by atoms with Gasteiger partial charge in [-0.25, -0.2) is 4.98 Å². The lowest BCUT2D eigenvalue weighted by atomic mass is 10.1. The Morgan fingerprint density at radius 2 is 2.12 bits per heavy atom. The molecule has 0 aliphatic heterocycles. The first-order valence-electron chi connectivity index (χ1n) is 8.80. The normalized spacial score (nSPS) is 17.2. The van der Waals surface area contributed by atoms with E-state index in [0.717, 1.165) is 23.5 Å². The van der Waals surface area contributed by atoms with Gasteiger partial charge in [0.05, 0.1) is 22.4 Å². The summed E-state index contributed by atoms with van der Waals surface area (Å²) < 4.78 is 5.65. The summed E-state index contributed by atoms with van der Waals surface area (Å²) in [7, 11) is 0. The monoisotopic (exact) mass is 380 g/mol. The molecule has 2 aromatic heterocycles. The third kappa shape index (κ3) is 5.54. The van der Waals surface area contributed by atoms with Crippen molar-refractivity contribution in [1.82, 2.24) is 20.5 Å². The van der Waals surface area contributed by atoms with Crippen molar-refractivity contribution in [2.75, 3.05) is 0 Å². The number of amides is 1. The lowest BCUT2D eigenvalue weighted by Gasteiger charge is -2.18. The van der Waals surface area contributed by atoms with E-state index in [4.69, 9.17) is 4.42 Å². The van der Waals surface area contributed by atoms with E-state index in [2.05, 4.69) is 20.5 Å². The average Bonchev–Trinajstić information content (AvgIpc) is 3.10. The number of nitrogens with zero attached hydrogens (tertiary/aromatic N) is 3. The van der Waals surface area contributed by atoms with Gasteiger partial charge in [0, 0.05) is 11.4 Å². The van der Waals surface area contributed by atoms with Gasteiger partial charge in [0.1, 0.15) is 0 Å². The number of rotatable bonds is 6. The highest BCUT2D eigenvalue weighted by atomic mass is 32.2. The van der Waals surface area contributed by atoms with Crippen molar-refractivity contribution in [2.45, 2.75) is 75.3 Å². The first kappa shape index (κ1) is 18.4. The van der Waals surface area contributed by atoms with Crippen molar-refractivity contribution >= 4 is 29.0 Å². The quantitative estimate of drug-likeness (QED) is 0.607. The fourth-order valence-corrected chi connectivity index (χ4v) is 4.27. The zero-order valence-corrected chi connectivity index (χ0v) is 16.3. The summed E-state index contributed by atoms with van der Waals surface area (Å²) in [5.41, 5.74) is 0.932. The first-order chi connectivity index (χ1) is 12.1. The molecular formula is C17H24N4O2S2. The number of thioether (sulfide) groups is 1. The van der Waals surface area contributed by atoms with Crippen LogP contribution in [0.3, 0.4) is 0 Å². The molecule has 8 heteroatoms. The Labute approximate surface area is 156 Å². The molecule has 0 spiro atoms. The van der Waals surface area contributed by atoms with Crippen molar-refractivity contribution in [3.8, 4) is 0 Å². The summed E-state index contributed by atoms with van der Waals surface area (Å²) >= 11 is 2.92. The van der Waals surface area contributed by atoms with Crippen LogP contribution in [-0.4, -0.2) is 32.4 Å². The molecule has 1 saturated carbocycles. The molecule has 0 saturated heterocycles. The van der Waals surface area contributed by atoms with Gasteiger partial charge in [0.2, 0.25) is 11.8 Å². The second-order valence-electron chi connectivity index (χ2n) is 6.45. The largest absolute Gasteiger partial charge is 0.416 e. The molecule has 1 N–H and O–H groups in total. The van der Waals surface area contributed by atoms with E-state index in [1.54, 1.807) is 11.3 Å². The number of hydrogen-bond donors (Lipinski definition) is 1. The smallest absolute Gasteiger partial charge is 0.277 e. The third-order valence-electron chi connectivity index (χ3n) is 4.30. The number of aromatic nitrogens is 3. The lowest BCUT2D eigenvalue weighted by Crippen LogP contribution is -2.39. The van der Waals surface area contributed by atoms with E-state index in [-0.39, 0.29) is 11.2 Å². The van der Waals surface area contributed by atoms with Crippen LogP contribution in [0.25, 0.3) is 0 Å². The number of thiazole rings is 1. The summed E-state index contributed by atoms with van der Waals surface area (Å²) in [6, 6.07) is 0.309. The molecule has 2 heterocycles. The topological polar surface area (TPSA) is 80.9 Å². The molecule has 3 rings (SSSR count). The first-order valence-corrected chi connectivity index (χ1v) is 10.6. The minimum absolute atomic E-state index is 0.0479. The third-order valence-corrected chi connectivity index (χ3v) is 6.05. The van der Waals surface area contributed by atoms with Crippen LogP contribution in [0, 0.1) is 6.92 Å². The fraction of sp³-hybridized carbons (Fsp3) is 0.647. The van der Waals surface area contributed by atoms with Gasteiger partial charge in [-0.15, -0.1) is 21.5 Å². The van der Waals surface area contributed by atoms with Crippen molar-refractivity contribution < 1.29 is 9.21 Å². The van der Waals surface area contributed by atoms with E-state index in [9.17, 15) is 4.79 Å². The molecule has 2 aromatic rings. The molecule has 1 aliphatic rings. The summed E-state index contributed by atoms with van der Waals surface area (Å²) in [4.78, 5) is 16.8. The predicted octanol–water partition coefficient (Wildman–Crippen LogP) is 3.74. The van der Waals surface area contributed by atoms with E-state index < -0.39 is 0 Å². The summed E-state index contributed by atoms with van der Waals surface area (Å²) in [6.45, 7) is 3.85. The van der Waals surface area contributed by atoms with Crippen molar-refractivity contribution in [3.05, 3.63) is 22.0 Å². The predicted molar refractivity (Wildman–Crippen MR) is 98.9 cm³/mol. The van der Waals surface area contributed by atoms with Crippen molar-refractivity contribution in [3.63, 3.8) is 0 Å². The lowest BCUT2D eigenvalue weighted by molar-refractivity contribution is -0.121. The second-order valence-corrected chi connectivity index (χ2v) is 8.81. The Morgan fingerprint density at radius 3 is 2.80 bits per heavy atom. The van der Waals surface area contributed by atoms with Crippen LogP contribution in [0.15, 0.2) is 15.0 Å². The van der Waals surface area contributed by atoms with Crippen LogP contribution in [0.5, 0.6) is 0 Å². The Hall–Kier alpha value is -1.41. The van der Waals surface area contributed by atoms with Crippen LogP contribution in [0.4, 0.5) is 0 Å². The zero-order valence-electron chi connectivity index (χ0n) is 14.7. The van der Waals surface area contributed by atoms with Gasteiger partial charge in [0.25, 0.3) is 5.22 Å². The van der Waals surface area contributed by atoms with Crippen molar-refractivity contribution in [2.24, 2.45) is 0 Å². The van der Waals surface area contributed by atoms with Gasteiger partial charge in [-0.2, -0.15) is 0 Å². The highest BCUT2D eigenvalue weighted by molar-refractivity contribution is 8.00.